The first-order chi connectivity index (χ1) is 19.4. The Morgan fingerprint density at radius 2 is 1.48 bits per heavy atom. The predicted octanol–water partition coefficient (Wildman–Crippen LogP) is 5.26. The highest BCUT2D eigenvalue weighted by molar-refractivity contribution is 5.84. The third-order valence-corrected chi connectivity index (χ3v) is 7.14. The number of carbonyl (C=O) groups excluding carboxylic acids is 2. The zero-order chi connectivity index (χ0) is 28.5. The van der Waals surface area contributed by atoms with Crippen LogP contribution in [0.15, 0.2) is 78.9 Å². The van der Waals surface area contributed by atoms with E-state index in [-0.39, 0.29) is 25.6 Å². The Labute approximate surface area is 234 Å². The number of hydrogen-bond donors (Lipinski definition) is 3. The van der Waals surface area contributed by atoms with Crippen molar-refractivity contribution in [1.29, 1.82) is 0 Å². The van der Waals surface area contributed by atoms with Crippen LogP contribution in [0.5, 0.6) is 0 Å². The van der Waals surface area contributed by atoms with Crippen molar-refractivity contribution in [2.75, 3.05) is 6.61 Å². The van der Waals surface area contributed by atoms with Gasteiger partial charge in [-0.15, -0.1) is 0 Å². The monoisotopic (exact) mass is 544 g/mol. The summed E-state index contributed by atoms with van der Waals surface area (Å²) in [6, 6.07) is 23.9. The van der Waals surface area contributed by atoms with Gasteiger partial charge in [0.2, 0.25) is 5.91 Å². The van der Waals surface area contributed by atoms with Crippen molar-refractivity contribution in [2.45, 2.75) is 63.8 Å². The van der Waals surface area contributed by atoms with E-state index in [1.54, 1.807) is 6.92 Å². The quantitative estimate of drug-likeness (QED) is 0.271. The molecule has 0 heterocycles. The zero-order valence-corrected chi connectivity index (χ0v) is 22.8. The number of nitrogens with one attached hydrogen (secondary N) is 2. The molecule has 1 aliphatic carbocycles. The van der Waals surface area contributed by atoms with Gasteiger partial charge in [-0.2, -0.15) is 0 Å². The van der Waals surface area contributed by atoms with Crippen molar-refractivity contribution in [2.24, 2.45) is 0 Å². The molecule has 0 aromatic heterocycles. The van der Waals surface area contributed by atoms with Crippen molar-refractivity contribution in [1.82, 2.24) is 10.6 Å². The van der Waals surface area contributed by atoms with Crippen LogP contribution in [0, 0.1) is 0 Å². The molecule has 8 nitrogen and oxygen atoms in total. The van der Waals surface area contributed by atoms with Gasteiger partial charge in [0.25, 0.3) is 0 Å². The molecule has 0 saturated carbocycles. The fourth-order valence-corrected chi connectivity index (χ4v) is 5.11. The van der Waals surface area contributed by atoms with Gasteiger partial charge in [0.05, 0.1) is 12.7 Å². The number of carbonyl (C=O) groups is 3. The summed E-state index contributed by atoms with van der Waals surface area (Å²) in [4.78, 5) is 37.5. The van der Waals surface area contributed by atoms with Gasteiger partial charge < -0.3 is 25.2 Å². The number of amides is 2. The van der Waals surface area contributed by atoms with E-state index in [9.17, 15) is 19.5 Å². The molecule has 3 N–H and O–H groups in total. The van der Waals surface area contributed by atoms with Crippen LogP contribution >= 0.6 is 0 Å². The second-order valence-electron chi connectivity index (χ2n) is 10.0. The second kappa shape index (κ2) is 13.8. The van der Waals surface area contributed by atoms with Gasteiger partial charge in [0.15, 0.2) is 6.04 Å². The fraction of sp³-hybridized carbons (Fsp3) is 0.344. The van der Waals surface area contributed by atoms with Crippen LogP contribution in [0.1, 0.15) is 55.7 Å². The number of alkyl carbamates (subject to hydrolysis) is 1. The average Bonchev–Trinajstić information content (AvgIpc) is 3.27. The van der Waals surface area contributed by atoms with Gasteiger partial charge in [0.1, 0.15) is 6.61 Å². The summed E-state index contributed by atoms with van der Waals surface area (Å²) in [5.41, 5.74) is 5.42. The minimum Gasteiger partial charge on any atom is -0.480 e. The number of carboxylic acids is 1. The summed E-state index contributed by atoms with van der Waals surface area (Å²) >= 11 is 0. The van der Waals surface area contributed by atoms with E-state index in [4.69, 9.17) is 9.47 Å². The van der Waals surface area contributed by atoms with Gasteiger partial charge in [0, 0.05) is 18.4 Å². The van der Waals surface area contributed by atoms with E-state index in [1.807, 2.05) is 61.5 Å². The highest BCUT2D eigenvalue weighted by atomic mass is 16.5. The summed E-state index contributed by atoms with van der Waals surface area (Å²) in [6.07, 6.45) is -0.188. The number of benzene rings is 3. The summed E-state index contributed by atoms with van der Waals surface area (Å²) in [7, 11) is 0. The van der Waals surface area contributed by atoms with E-state index in [2.05, 4.69) is 34.9 Å². The van der Waals surface area contributed by atoms with Gasteiger partial charge in [-0.1, -0.05) is 92.2 Å². The van der Waals surface area contributed by atoms with E-state index in [0.717, 1.165) is 34.2 Å². The Morgan fingerprint density at radius 1 is 0.875 bits per heavy atom. The fourth-order valence-electron chi connectivity index (χ4n) is 5.11. The first-order valence-electron chi connectivity index (χ1n) is 13.7. The lowest BCUT2D eigenvalue weighted by Crippen LogP contribution is -2.50. The van der Waals surface area contributed by atoms with Crippen molar-refractivity contribution in [3.05, 3.63) is 95.6 Å². The maximum absolute atomic E-state index is 12.8. The van der Waals surface area contributed by atoms with Crippen LogP contribution in [0.2, 0.25) is 0 Å². The Morgan fingerprint density at radius 3 is 2.08 bits per heavy atom. The van der Waals surface area contributed by atoms with Crippen molar-refractivity contribution in [3.8, 4) is 11.1 Å². The molecule has 4 rings (SSSR count). The number of ether oxygens (including phenoxy) is 2. The van der Waals surface area contributed by atoms with Gasteiger partial charge in [-0.3, -0.25) is 4.79 Å². The molecule has 0 unspecified atom stereocenters. The van der Waals surface area contributed by atoms with Gasteiger partial charge in [-0.25, -0.2) is 9.59 Å². The van der Waals surface area contributed by atoms with Crippen LogP contribution in [0.25, 0.3) is 11.1 Å². The summed E-state index contributed by atoms with van der Waals surface area (Å²) < 4.78 is 11.3. The number of hydrogen-bond acceptors (Lipinski definition) is 5. The Bertz CT molecular complexity index is 1270. The molecule has 3 atom stereocenters. The smallest absolute Gasteiger partial charge is 0.407 e. The maximum atomic E-state index is 12.8. The minimum atomic E-state index is -1.23. The molecule has 8 heteroatoms. The van der Waals surface area contributed by atoms with Crippen LogP contribution in [0.3, 0.4) is 0 Å². The molecule has 3 aromatic carbocycles. The second-order valence-corrected chi connectivity index (χ2v) is 10.0. The molecule has 3 aromatic rings. The summed E-state index contributed by atoms with van der Waals surface area (Å²) in [6.45, 7) is 3.95. The standard InChI is InChI=1S/C32H36N2O6/c1-3-11-23(18-29(35)34-30(31(36)37)21(2)39-19-22-12-5-4-6-13-22)33-32(38)40-20-28-26-16-9-7-14-24(26)25-15-8-10-17-27(25)28/h4-10,12-17,21,23,28,30H,3,11,18-20H2,1-2H3,(H,33,38)(H,34,35)(H,36,37)/t21-,23+,30+/m0/s1. The molecule has 0 saturated heterocycles. The first-order valence-corrected chi connectivity index (χ1v) is 13.7. The molecule has 1 aliphatic rings. The summed E-state index contributed by atoms with van der Waals surface area (Å²) in [5.74, 6) is -1.75. The molecule has 0 radical (unpaired) electrons. The molecular weight excluding hydrogens is 508 g/mol. The number of carboxylic acid groups (broad SMARTS) is 1. The Kier molecular flexibility index (Phi) is 9.91. The van der Waals surface area contributed by atoms with Crippen LogP contribution in [-0.4, -0.2) is 47.9 Å². The van der Waals surface area contributed by atoms with Crippen LogP contribution in [-0.2, 0) is 25.7 Å². The average molecular weight is 545 g/mol. The molecule has 210 valence electrons. The van der Waals surface area contributed by atoms with Gasteiger partial charge >= 0.3 is 12.1 Å². The largest absolute Gasteiger partial charge is 0.480 e. The first kappa shape index (κ1) is 28.8. The predicted molar refractivity (Wildman–Crippen MR) is 152 cm³/mol. The van der Waals surface area contributed by atoms with Crippen LogP contribution in [0.4, 0.5) is 4.79 Å². The Balaban J connectivity index is 1.31. The lowest BCUT2D eigenvalue weighted by atomic mass is 9.98. The van der Waals surface area contributed by atoms with E-state index < -0.39 is 36.2 Å². The highest BCUT2D eigenvalue weighted by Crippen LogP contribution is 2.44. The highest BCUT2D eigenvalue weighted by Gasteiger charge is 2.30. The molecule has 0 aliphatic heterocycles. The lowest BCUT2D eigenvalue weighted by Gasteiger charge is -2.24. The van der Waals surface area contributed by atoms with Crippen LogP contribution < -0.4 is 10.6 Å². The van der Waals surface area contributed by atoms with E-state index >= 15 is 0 Å². The Hall–Kier alpha value is -4.17. The summed E-state index contributed by atoms with van der Waals surface area (Å²) in [5, 5.41) is 15.1. The molecule has 0 fully saturated rings. The molecule has 2 amide bonds. The van der Waals surface area contributed by atoms with Crippen molar-refractivity contribution >= 4 is 18.0 Å². The molecule has 40 heavy (non-hydrogen) atoms. The third kappa shape index (κ3) is 7.27. The minimum absolute atomic E-state index is 0.0697. The lowest BCUT2D eigenvalue weighted by molar-refractivity contribution is -0.146. The van der Waals surface area contributed by atoms with Crippen molar-refractivity contribution in [3.63, 3.8) is 0 Å². The van der Waals surface area contributed by atoms with Gasteiger partial charge in [-0.05, 0) is 41.2 Å². The number of aliphatic carboxylic acids is 1. The maximum Gasteiger partial charge on any atom is 0.407 e. The topological polar surface area (TPSA) is 114 Å². The SMILES string of the molecule is CCC[C@H](CC(=O)N[C@@H](C(=O)O)[C@H](C)OCc1ccccc1)NC(=O)OCC1c2ccccc2-c2ccccc21. The zero-order valence-electron chi connectivity index (χ0n) is 22.8. The van der Waals surface area contributed by atoms with Crippen molar-refractivity contribution < 1.29 is 29.0 Å². The molecule has 0 spiro atoms. The van der Waals surface area contributed by atoms with E-state index in [1.165, 1.54) is 0 Å². The molecular formula is C32H36N2O6. The number of fused-ring (bicyclic) bond motifs is 3. The normalized spacial score (nSPS) is 14.3. The number of rotatable bonds is 13. The third-order valence-electron chi connectivity index (χ3n) is 7.14. The van der Waals surface area contributed by atoms with E-state index in [0.29, 0.717) is 6.42 Å². The molecule has 0 bridgehead atoms.